The van der Waals surface area contributed by atoms with E-state index < -0.39 is 0 Å². The molecule has 1 aliphatic heterocycles. The normalized spacial score (nSPS) is 19.1. The molecule has 1 rings (SSSR count). The van der Waals surface area contributed by atoms with E-state index in [-0.39, 0.29) is 30.6 Å². The average Bonchev–Trinajstić information content (AvgIpc) is 2.43. The van der Waals surface area contributed by atoms with Crippen molar-refractivity contribution < 1.29 is 19.4 Å². The van der Waals surface area contributed by atoms with E-state index in [4.69, 9.17) is 4.74 Å². The van der Waals surface area contributed by atoms with Gasteiger partial charge in [-0.1, -0.05) is 12.8 Å². The van der Waals surface area contributed by atoms with Gasteiger partial charge in [-0.15, -0.1) is 0 Å². The third kappa shape index (κ3) is 6.93. The highest BCUT2D eigenvalue weighted by Crippen LogP contribution is 2.18. The van der Waals surface area contributed by atoms with Gasteiger partial charge >= 0.3 is 5.97 Å². The molecule has 21 heavy (non-hydrogen) atoms. The first-order valence-electron chi connectivity index (χ1n) is 8.14. The zero-order valence-corrected chi connectivity index (χ0v) is 13.3. The standard InChI is InChI=1S/C16H29NO4/c1-13(2)21-16(20)10-5-3-4-6-11-17-14(12-18)8-7-9-15(17)19/h13-14,18H,3-12H2,1-2H3. The van der Waals surface area contributed by atoms with E-state index in [1.807, 2.05) is 18.7 Å². The van der Waals surface area contributed by atoms with E-state index in [0.717, 1.165) is 45.1 Å². The molecule has 0 bridgehead atoms. The molecule has 1 atom stereocenters. The zero-order valence-electron chi connectivity index (χ0n) is 13.3. The van der Waals surface area contributed by atoms with Crippen molar-refractivity contribution >= 4 is 11.9 Å². The maximum Gasteiger partial charge on any atom is 0.306 e. The van der Waals surface area contributed by atoms with Crippen molar-refractivity contribution in [3.63, 3.8) is 0 Å². The number of aliphatic hydroxyl groups excluding tert-OH is 1. The molecule has 0 radical (unpaired) electrons. The Balaban J connectivity index is 2.10. The molecule has 0 aromatic rings. The molecule has 122 valence electrons. The summed E-state index contributed by atoms with van der Waals surface area (Å²) in [7, 11) is 0. The van der Waals surface area contributed by atoms with Gasteiger partial charge < -0.3 is 14.7 Å². The molecule has 5 heteroatoms. The van der Waals surface area contributed by atoms with Crippen molar-refractivity contribution in [3.05, 3.63) is 0 Å². The van der Waals surface area contributed by atoms with Crippen LogP contribution in [0.25, 0.3) is 0 Å². The molecule has 1 unspecified atom stereocenters. The largest absolute Gasteiger partial charge is 0.463 e. The zero-order chi connectivity index (χ0) is 15.7. The summed E-state index contributed by atoms with van der Waals surface area (Å²) < 4.78 is 5.07. The van der Waals surface area contributed by atoms with Crippen LogP contribution in [0.15, 0.2) is 0 Å². The first kappa shape index (κ1) is 18.0. The maximum absolute atomic E-state index is 11.8. The molecule has 1 heterocycles. The van der Waals surface area contributed by atoms with Crippen LogP contribution in [0.5, 0.6) is 0 Å². The van der Waals surface area contributed by atoms with Gasteiger partial charge in [0.25, 0.3) is 0 Å². The summed E-state index contributed by atoms with van der Waals surface area (Å²) in [5.74, 6) is 0.0392. The lowest BCUT2D eigenvalue weighted by atomic mass is 10.0. The molecule has 0 saturated carbocycles. The fourth-order valence-electron chi connectivity index (χ4n) is 2.72. The number of piperidine rings is 1. The molecule has 0 spiro atoms. The number of unbranched alkanes of at least 4 members (excludes halogenated alkanes) is 3. The van der Waals surface area contributed by atoms with Gasteiger partial charge in [-0.05, 0) is 39.5 Å². The van der Waals surface area contributed by atoms with Crippen molar-refractivity contribution in [1.82, 2.24) is 4.90 Å². The second kappa shape index (κ2) is 9.77. The predicted molar refractivity (Wildman–Crippen MR) is 80.8 cm³/mol. The van der Waals surface area contributed by atoms with E-state index in [9.17, 15) is 14.7 Å². The van der Waals surface area contributed by atoms with Crippen LogP contribution in [0.3, 0.4) is 0 Å². The Bertz CT molecular complexity index is 330. The van der Waals surface area contributed by atoms with Gasteiger partial charge in [0.1, 0.15) is 0 Å². The van der Waals surface area contributed by atoms with Gasteiger partial charge in [0.2, 0.25) is 5.91 Å². The topological polar surface area (TPSA) is 66.8 Å². The van der Waals surface area contributed by atoms with Crippen molar-refractivity contribution in [3.8, 4) is 0 Å². The summed E-state index contributed by atoms with van der Waals surface area (Å²) in [6, 6.07) is 0.00673. The average molecular weight is 299 g/mol. The second-order valence-electron chi connectivity index (χ2n) is 6.02. The van der Waals surface area contributed by atoms with Crippen LogP contribution in [0.4, 0.5) is 0 Å². The molecular formula is C16H29NO4. The highest BCUT2D eigenvalue weighted by molar-refractivity contribution is 5.77. The minimum atomic E-state index is -0.128. The molecule has 1 saturated heterocycles. The smallest absolute Gasteiger partial charge is 0.306 e. The molecule has 1 amide bonds. The molecule has 1 N–H and O–H groups in total. The fraction of sp³-hybridized carbons (Fsp3) is 0.875. The van der Waals surface area contributed by atoms with Gasteiger partial charge in [0, 0.05) is 19.4 Å². The Morgan fingerprint density at radius 1 is 1.33 bits per heavy atom. The highest BCUT2D eigenvalue weighted by atomic mass is 16.5. The number of carbonyl (C=O) groups is 2. The number of amides is 1. The Kier molecular flexibility index (Phi) is 8.35. The SMILES string of the molecule is CC(C)OC(=O)CCCCCCN1C(=O)CCCC1CO. The maximum atomic E-state index is 11.8. The quantitative estimate of drug-likeness (QED) is 0.524. The number of ether oxygens (including phenoxy) is 1. The summed E-state index contributed by atoms with van der Waals surface area (Å²) in [6.07, 6.45) is 6.57. The molecular weight excluding hydrogens is 270 g/mol. The van der Waals surface area contributed by atoms with Crippen molar-refractivity contribution in [2.45, 2.75) is 77.4 Å². The van der Waals surface area contributed by atoms with Gasteiger partial charge in [-0.25, -0.2) is 0 Å². The summed E-state index contributed by atoms with van der Waals surface area (Å²) in [5, 5.41) is 9.31. The number of aliphatic hydroxyl groups is 1. The lowest BCUT2D eigenvalue weighted by Gasteiger charge is -2.34. The Morgan fingerprint density at radius 3 is 2.71 bits per heavy atom. The van der Waals surface area contributed by atoms with Crippen molar-refractivity contribution in [2.75, 3.05) is 13.2 Å². The summed E-state index contributed by atoms with van der Waals surface area (Å²) in [5.41, 5.74) is 0. The van der Waals surface area contributed by atoms with Gasteiger partial charge in [-0.2, -0.15) is 0 Å². The molecule has 5 nitrogen and oxygen atoms in total. The van der Waals surface area contributed by atoms with Crippen molar-refractivity contribution in [2.24, 2.45) is 0 Å². The van der Waals surface area contributed by atoms with E-state index in [1.54, 1.807) is 0 Å². The van der Waals surface area contributed by atoms with E-state index in [0.29, 0.717) is 12.8 Å². The Hall–Kier alpha value is -1.10. The third-order valence-electron chi connectivity index (χ3n) is 3.80. The lowest BCUT2D eigenvalue weighted by molar-refractivity contribution is -0.147. The van der Waals surface area contributed by atoms with E-state index >= 15 is 0 Å². The van der Waals surface area contributed by atoms with Crippen LogP contribution in [0.1, 0.15) is 65.2 Å². The van der Waals surface area contributed by atoms with Crippen LogP contribution in [0, 0.1) is 0 Å². The fourth-order valence-corrected chi connectivity index (χ4v) is 2.72. The number of hydrogen-bond acceptors (Lipinski definition) is 4. The number of carbonyl (C=O) groups excluding carboxylic acids is 2. The van der Waals surface area contributed by atoms with Crippen LogP contribution in [0.2, 0.25) is 0 Å². The predicted octanol–water partition coefficient (Wildman–Crippen LogP) is 2.26. The number of nitrogens with zero attached hydrogens (tertiary/aromatic N) is 1. The summed E-state index contributed by atoms with van der Waals surface area (Å²) in [4.78, 5) is 25.0. The number of esters is 1. The molecule has 1 aliphatic rings. The van der Waals surface area contributed by atoms with Crippen LogP contribution < -0.4 is 0 Å². The van der Waals surface area contributed by atoms with Gasteiger partial charge in [-0.3, -0.25) is 9.59 Å². The lowest BCUT2D eigenvalue weighted by Crippen LogP contribution is -2.45. The van der Waals surface area contributed by atoms with Crippen molar-refractivity contribution in [1.29, 1.82) is 0 Å². The first-order chi connectivity index (χ1) is 10.0. The third-order valence-corrected chi connectivity index (χ3v) is 3.80. The van der Waals surface area contributed by atoms with Crippen LogP contribution >= 0.6 is 0 Å². The van der Waals surface area contributed by atoms with E-state index in [1.165, 1.54) is 0 Å². The van der Waals surface area contributed by atoms with Gasteiger partial charge in [0.15, 0.2) is 0 Å². The van der Waals surface area contributed by atoms with Gasteiger partial charge in [0.05, 0.1) is 18.8 Å². The molecule has 1 fully saturated rings. The number of rotatable bonds is 9. The first-order valence-corrected chi connectivity index (χ1v) is 8.14. The molecule has 0 aromatic heterocycles. The second-order valence-corrected chi connectivity index (χ2v) is 6.02. The minimum absolute atomic E-state index is 0.00673. The minimum Gasteiger partial charge on any atom is -0.463 e. The summed E-state index contributed by atoms with van der Waals surface area (Å²) >= 11 is 0. The highest BCUT2D eigenvalue weighted by Gasteiger charge is 2.26. The Labute approximate surface area is 127 Å². The Morgan fingerprint density at radius 2 is 2.05 bits per heavy atom. The van der Waals surface area contributed by atoms with Crippen LogP contribution in [-0.2, 0) is 14.3 Å². The molecule has 0 aromatic carbocycles. The summed E-state index contributed by atoms with van der Waals surface area (Å²) in [6.45, 7) is 4.49. The number of likely N-dealkylation sites (tertiary alicyclic amines) is 1. The molecule has 0 aliphatic carbocycles. The number of hydrogen-bond donors (Lipinski definition) is 1. The van der Waals surface area contributed by atoms with E-state index in [2.05, 4.69) is 0 Å². The monoisotopic (exact) mass is 299 g/mol. The van der Waals surface area contributed by atoms with Crippen LogP contribution in [-0.4, -0.2) is 47.2 Å².